The predicted octanol–water partition coefficient (Wildman–Crippen LogP) is 2.23. The highest BCUT2D eigenvalue weighted by molar-refractivity contribution is 5.85. The van der Waals surface area contributed by atoms with E-state index in [1.165, 1.54) is 12.8 Å². The van der Waals surface area contributed by atoms with Gasteiger partial charge < -0.3 is 0 Å². The first-order valence-corrected chi connectivity index (χ1v) is 5.97. The summed E-state index contributed by atoms with van der Waals surface area (Å²) in [6.07, 6.45) is 5.64. The SMILES string of the molecule is CC1CCC(C)N(C2CCCC2=O)C1. The minimum atomic E-state index is 0.271. The molecule has 1 aliphatic heterocycles. The van der Waals surface area contributed by atoms with Gasteiger partial charge in [-0.3, -0.25) is 9.69 Å². The smallest absolute Gasteiger partial charge is 0.149 e. The van der Waals surface area contributed by atoms with Crippen LogP contribution in [-0.4, -0.2) is 29.3 Å². The fourth-order valence-electron chi connectivity index (χ4n) is 2.91. The van der Waals surface area contributed by atoms with E-state index in [2.05, 4.69) is 18.7 Å². The summed E-state index contributed by atoms with van der Waals surface area (Å²) in [7, 11) is 0. The Labute approximate surface area is 86.7 Å². The third-order valence-corrected chi connectivity index (χ3v) is 3.84. The van der Waals surface area contributed by atoms with Crippen molar-refractivity contribution in [2.45, 2.75) is 58.0 Å². The molecule has 1 heterocycles. The van der Waals surface area contributed by atoms with Crippen molar-refractivity contribution in [1.82, 2.24) is 4.90 Å². The van der Waals surface area contributed by atoms with Crippen LogP contribution in [0.2, 0.25) is 0 Å². The lowest BCUT2D eigenvalue weighted by molar-refractivity contribution is -0.123. The molecule has 1 aliphatic carbocycles. The highest BCUT2D eigenvalue weighted by Gasteiger charge is 2.35. The zero-order chi connectivity index (χ0) is 10.1. The van der Waals surface area contributed by atoms with E-state index in [1.54, 1.807) is 0 Å². The summed E-state index contributed by atoms with van der Waals surface area (Å²) in [5, 5.41) is 0. The Kier molecular flexibility index (Phi) is 2.91. The zero-order valence-electron chi connectivity index (χ0n) is 9.33. The number of piperidine rings is 1. The number of rotatable bonds is 1. The van der Waals surface area contributed by atoms with Crippen LogP contribution in [0.1, 0.15) is 46.0 Å². The van der Waals surface area contributed by atoms with E-state index in [1.807, 2.05) is 0 Å². The minimum absolute atomic E-state index is 0.271. The maximum atomic E-state index is 11.7. The van der Waals surface area contributed by atoms with Crippen LogP contribution in [0.5, 0.6) is 0 Å². The van der Waals surface area contributed by atoms with E-state index in [-0.39, 0.29) is 6.04 Å². The van der Waals surface area contributed by atoms with Crippen LogP contribution in [0.15, 0.2) is 0 Å². The van der Waals surface area contributed by atoms with Crippen molar-refractivity contribution in [3.05, 3.63) is 0 Å². The van der Waals surface area contributed by atoms with Gasteiger partial charge in [-0.15, -0.1) is 0 Å². The lowest BCUT2D eigenvalue weighted by Crippen LogP contribution is -2.48. The Balaban J connectivity index is 2.03. The van der Waals surface area contributed by atoms with Crippen LogP contribution < -0.4 is 0 Å². The Morgan fingerprint density at radius 2 is 2.00 bits per heavy atom. The van der Waals surface area contributed by atoms with Crippen molar-refractivity contribution >= 4 is 5.78 Å². The topological polar surface area (TPSA) is 20.3 Å². The summed E-state index contributed by atoms with van der Waals surface area (Å²) in [6.45, 7) is 5.72. The molecule has 80 valence electrons. The molecule has 2 fully saturated rings. The van der Waals surface area contributed by atoms with Gasteiger partial charge in [0.1, 0.15) is 5.78 Å². The van der Waals surface area contributed by atoms with Crippen molar-refractivity contribution in [2.75, 3.05) is 6.54 Å². The number of ketones is 1. The Morgan fingerprint density at radius 3 is 2.64 bits per heavy atom. The van der Waals surface area contributed by atoms with Crippen LogP contribution >= 0.6 is 0 Å². The van der Waals surface area contributed by atoms with Gasteiger partial charge in [0, 0.05) is 19.0 Å². The minimum Gasteiger partial charge on any atom is -0.298 e. The summed E-state index contributed by atoms with van der Waals surface area (Å²) in [5.74, 6) is 1.27. The highest BCUT2D eigenvalue weighted by atomic mass is 16.1. The molecule has 1 saturated heterocycles. The maximum Gasteiger partial charge on any atom is 0.149 e. The summed E-state index contributed by atoms with van der Waals surface area (Å²) in [4.78, 5) is 14.1. The van der Waals surface area contributed by atoms with Crippen LogP contribution in [0.4, 0.5) is 0 Å². The first-order chi connectivity index (χ1) is 6.68. The van der Waals surface area contributed by atoms with Crippen molar-refractivity contribution in [3.63, 3.8) is 0 Å². The van der Waals surface area contributed by atoms with Gasteiger partial charge in [-0.25, -0.2) is 0 Å². The van der Waals surface area contributed by atoms with Gasteiger partial charge in [0.25, 0.3) is 0 Å². The van der Waals surface area contributed by atoms with Crippen LogP contribution in [0.25, 0.3) is 0 Å². The molecule has 2 aliphatic rings. The van der Waals surface area contributed by atoms with Gasteiger partial charge in [-0.2, -0.15) is 0 Å². The first kappa shape index (κ1) is 10.2. The van der Waals surface area contributed by atoms with Gasteiger partial charge in [-0.05, 0) is 38.5 Å². The monoisotopic (exact) mass is 195 g/mol. The molecule has 3 atom stereocenters. The van der Waals surface area contributed by atoms with Crippen molar-refractivity contribution in [1.29, 1.82) is 0 Å². The fraction of sp³-hybridized carbons (Fsp3) is 0.917. The van der Waals surface area contributed by atoms with Gasteiger partial charge in [0.15, 0.2) is 0 Å². The Bertz CT molecular complexity index is 226. The molecule has 14 heavy (non-hydrogen) atoms. The lowest BCUT2D eigenvalue weighted by atomic mass is 9.93. The van der Waals surface area contributed by atoms with Crippen molar-refractivity contribution in [3.8, 4) is 0 Å². The molecule has 2 nitrogen and oxygen atoms in total. The molecule has 2 rings (SSSR count). The van der Waals surface area contributed by atoms with Crippen LogP contribution in [0, 0.1) is 5.92 Å². The summed E-state index contributed by atoms with van der Waals surface area (Å²) in [6, 6.07) is 0.894. The predicted molar refractivity (Wildman–Crippen MR) is 57.2 cm³/mol. The van der Waals surface area contributed by atoms with E-state index in [9.17, 15) is 4.79 Å². The van der Waals surface area contributed by atoms with E-state index in [0.29, 0.717) is 11.8 Å². The number of carbonyl (C=O) groups is 1. The van der Waals surface area contributed by atoms with E-state index < -0.39 is 0 Å². The molecule has 2 heteroatoms. The Morgan fingerprint density at radius 1 is 1.21 bits per heavy atom. The number of hydrogen-bond acceptors (Lipinski definition) is 2. The summed E-state index contributed by atoms with van der Waals surface area (Å²) in [5.41, 5.74) is 0. The Hall–Kier alpha value is -0.370. The van der Waals surface area contributed by atoms with E-state index >= 15 is 0 Å². The average Bonchev–Trinajstić information content (AvgIpc) is 2.56. The molecule has 0 radical (unpaired) electrons. The molecule has 0 amide bonds. The normalized spacial score (nSPS) is 40.4. The lowest BCUT2D eigenvalue weighted by Gasteiger charge is -2.40. The second-order valence-electron chi connectivity index (χ2n) is 5.10. The number of Topliss-reactive ketones (excluding diaryl/α,β-unsaturated/α-hetero) is 1. The second kappa shape index (κ2) is 4.01. The number of nitrogens with zero attached hydrogens (tertiary/aromatic N) is 1. The molecule has 0 aromatic rings. The molecule has 0 bridgehead atoms. The van der Waals surface area contributed by atoms with E-state index in [0.717, 1.165) is 31.7 Å². The molecule has 1 saturated carbocycles. The highest BCUT2D eigenvalue weighted by Crippen LogP contribution is 2.29. The van der Waals surface area contributed by atoms with Crippen LogP contribution in [0.3, 0.4) is 0 Å². The third kappa shape index (κ3) is 1.85. The zero-order valence-corrected chi connectivity index (χ0v) is 9.33. The van der Waals surface area contributed by atoms with Crippen LogP contribution in [-0.2, 0) is 4.79 Å². The second-order valence-corrected chi connectivity index (χ2v) is 5.10. The van der Waals surface area contributed by atoms with Gasteiger partial charge in [0.2, 0.25) is 0 Å². The van der Waals surface area contributed by atoms with E-state index in [4.69, 9.17) is 0 Å². The van der Waals surface area contributed by atoms with Gasteiger partial charge >= 0.3 is 0 Å². The number of likely N-dealkylation sites (tertiary alicyclic amines) is 1. The molecule has 3 unspecified atom stereocenters. The molecule has 0 N–H and O–H groups in total. The van der Waals surface area contributed by atoms with Crippen molar-refractivity contribution < 1.29 is 4.79 Å². The first-order valence-electron chi connectivity index (χ1n) is 5.97. The molecular formula is C12H21NO. The summed E-state index contributed by atoms with van der Waals surface area (Å²) < 4.78 is 0. The quantitative estimate of drug-likeness (QED) is 0.639. The summed E-state index contributed by atoms with van der Waals surface area (Å²) >= 11 is 0. The van der Waals surface area contributed by atoms with Gasteiger partial charge in [0.05, 0.1) is 6.04 Å². The number of carbonyl (C=O) groups excluding carboxylic acids is 1. The van der Waals surface area contributed by atoms with Crippen molar-refractivity contribution in [2.24, 2.45) is 5.92 Å². The molecular weight excluding hydrogens is 174 g/mol. The standard InChI is InChI=1S/C12H21NO/c1-9-6-7-10(2)13(8-9)11-4-3-5-12(11)14/h9-11H,3-8H2,1-2H3. The molecule has 0 spiro atoms. The molecule has 0 aromatic carbocycles. The maximum absolute atomic E-state index is 11.7. The fourth-order valence-corrected chi connectivity index (χ4v) is 2.91. The average molecular weight is 195 g/mol. The van der Waals surface area contributed by atoms with Gasteiger partial charge in [-0.1, -0.05) is 6.92 Å². The largest absolute Gasteiger partial charge is 0.298 e. The number of hydrogen-bond donors (Lipinski definition) is 0. The molecule has 0 aromatic heterocycles. The third-order valence-electron chi connectivity index (χ3n) is 3.84.